The van der Waals surface area contributed by atoms with Gasteiger partial charge in [0.25, 0.3) is 5.91 Å². The Kier molecular flexibility index (Phi) is 4.56. The van der Waals surface area contributed by atoms with E-state index in [4.69, 9.17) is 16.0 Å². The third kappa shape index (κ3) is 3.27. The Balaban J connectivity index is 1.70. The van der Waals surface area contributed by atoms with E-state index in [-0.39, 0.29) is 5.91 Å². The molecule has 3 nitrogen and oxygen atoms in total. The molecular weight excluding hydrogens is 306 g/mol. The van der Waals surface area contributed by atoms with E-state index in [0.29, 0.717) is 15.8 Å². The maximum atomic E-state index is 12.6. The van der Waals surface area contributed by atoms with Crippen molar-refractivity contribution in [2.45, 2.75) is 11.7 Å². The molecule has 2 heterocycles. The summed E-state index contributed by atoms with van der Waals surface area (Å²) in [5.41, 5.74) is 0.584. The lowest BCUT2D eigenvalue weighted by Gasteiger charge is -2.20. The van der Waals surface area contributed by atoms with Gasteiger partial charge in [-0.05, 0) is 30.7 Å². The fourth-order valence-electron chi connectivity index (χ4n) is 2.48. The van der Waals surface area contributed by atoms with Gasteiger partial charge in [-0.25, -0.2) is 0 Å². The van der Waals surface area contributed by atoms with Crippen LogP contribution in [0.5, 0.6) is 0 Å². The SMILES string of the molecule is O=C(c1ccccc1Cl)N1CCS[C@H](c2ccco2)CC1. The molecule has 1 saturated heterocycles. The number of halogens is 1. The first kappa shape index (κ1) is 14.5. The monoisotopic (exact) mass is 321 g/mol. The van der Waals surface area contributed by atoms with Crippen LogP contribution in [-0.2, 0) is 0 Å². The van der Waals surface area contributed by atoms with Crippen molar-refractivity contribution < 1.29 is 9.21 Å². The second-order valence-electron chi connectivity index (χ2n) is 4.94. The molecule has 3 rings (SSSR count). The van der Waals surface area contributed by atoms with Crippen molar-refractivity contribution in [1.82, 2.24) is 4.90 Å². The Labute approximate surface area is 133 Å². The minimum Gasteiger partial charge on any atom is -0.468 e. The van der Waals surface area contributed by atoms with Gasteiger partial charge < -0.3 is 9.32 Å². The van der Waals surface area contributed by atoms with Crippen LogP contribution in [0.4, 0.5) is 0 Å². The van der Waals surface area contributed by atoms with Crippen LogP contribution in [0.25, 0.3) is 0 Å². The van der Waals surface area contributed by atoms with Crippen LogP contribution in [-0.4, -0.2) is 29.6 Å². The van der Waals surface area contributed by atoms with Crippen LogP contribution in [0, 0.1) is 0 Å². The molecule has 0 unspecified atom stereocenters. The predicted octanol–water partition coefficient (Wildman–Crippen LogP) is 4.25. The largest absolute Gasteiger partial charge is 0.468 e. The maximum Gasteiger partial charge on any atom is 0.255 e. The van der Waals surface area contributed by atoms with Gasteiger partial charge in [0.05, 0.1) is 22.1 Å². The summed E-state index contributed by atoms with van der Waals surface area (Å²) in [6.07, 6.45) is 2.60. The number of carbonyl (C=O) groups is 1. The zero-order valence-electron chi connectivity index (χ0n) is 11.5. The van der Waals surface area contributed by atoms with Crippen LogP contribution >= 0.6 is 23.4 Å². The number of hydrogen-bond acceptors (Lipinski definition) is 3. The summed E-state index contributed by atoms with van der Waals surface area (Å²) in [6, 6.07) is 11.1. The standard InChI is InChI=1S/C16H16ClNO2S/c17-13-5-2-1-4-12(13)16(19)18-8-7-15(21-11-9-18)14-6-3-10-20-14/h1-6,10,15H,7-9,11H2/t15-/m0/s1. The molecule has 0 radical (unpaired) electrons. The zero-order valence-corrected chi connectivity index (χ0v) is 13.1. The third-order valence-corrected chi connectivity index (χ3v) is 5.21. The topological polar surface area (TPSA) is 33.5 Å². The summed E-state index contributed by atoms with van der Waals surface area (Å²) in [4.78, 5) is 14.5. The molecule has 1 amide bonds. The Morgan fingerprint density at radius 3 is 2.86 bits per heavy atom. The fourth-order valence-corrected chi connectivity index (χ4v) is 3.88. The normalized spacial score (nSPS) is 19.3. The van der Waals surface area contributed by atoms with Crippen molar-refractivity contribution in [3.8, 4) is 0 Å². The van der Waals surface area contributed by atoms with Crippen molar-refractivity contribution in [1.29, 1.82) is 0 Å². The molecule has 1 aliphatic rings. The molecule has 1 aliphatic heterocycles. The average Bonchev–Trinajstić information content (AvgIpc) is 2.92. The van der Waals surface area contributed by atoms with Crippen LogP contribution in [0.2, 0.25) is 5.02 Å². The minimum atomic E-state index is 0.0151. The number of rotatable bonds is 2. The lowest BCUT2D eigenvalue weighted by molar-refractivity contribution is 0.0766. The predicted molar refractivity (Wildman–Crippen MR) is 85.9 cm³/mol. The van der Waals surface area contributed by atoms with Crippen molar-refractivity contribution in [2.24, 2.45) is 0 Å². The van der Waals surface area contributed by atoms with Crippen molar-refractivity contribution in [2.75, 3.05) is 18.8 Å². The summed E-state index contributed by atoms with van der Waals surface area (Å²) >= 11 is 7.96. The molecule has 0 bridgehead atoms. The Bertz CT molecular complexity index is 614. The summed E-state index contributed by atoms with van der Waals surface area (Å²) in [5.74, 6) is 1.91. The highest BCUT2D eigenvalue weighted by molar-refractivity contribution is 7.99. The summed E-state index contributed by atoms with van der Waals surface area (Å²) < 4.78 is 5.48. The molecule has 0 N–H and O–H groups in total. The van der Waals surface area contributed by atoms with Gasteiger partial charge in [-0.15, -0.1) is 11.8 Å². The van der Waals surface area contributed by atoms with Crippen LogP contribution < -0.4 is 0 Å². The molecule has 1 atom stereocenters. The van der Waals surface area contributed by atoms with E-state index in [9.17, 15) is 4.79 Å². The Hall–Kier alpha value is -1.39. The highest BCUT2D eigenvalue weighted by Gasteiger charge is 2.24. The van der Waals surface area contributed by atoms with E-state index in [1.807, 2.05) is 40.9 Å². The molecule has 0 aliphatic carbocycles. The number of amides is 1. The summed E-state index contributed by atoms with van der Waals surface area (Å²) in [5, 5.41) is 0.839. The fraction of sp³-hybridized carbons (Fsp3) is 0.312. The molecular formula is C16H16ClNO2S. The second-order valence-corrected chi connectivity index (χ2v) is 6.65. The molecule has 0 spiro atoms. The highest BCUT2D eigenvalue weighted by Crippen LogP contribution is 2.35. The molecule has 0 saturated carbocycles. The van der Waals surface area contributed by atoms with Gasteiger partial charge in [-0.2, -0.15) is 0 Å². The van der Waals surface area contributed by atoms with Gasteiger partial charge in [0.15, 0.2) is 0 Å². The van der Waals surface area contributed by atoms with Gasteiger partial charge in [0, 0.05) is 18.8 Å². The van der Waals surface area contributed by atoms with Crippen molar-refractivity contribution in [3.05, 3.63) is 59.0 Å². The lowest BCUT2D eigenvalue weighted by Crippen LogP contribution is -2.33. The summed E-state index contributed by atoms with van der Waals surface area (Å²) in [6.45, 7) is 1.47. The van der Waals surface area contributed by atoms with Gasteiger partial charge >= 0.3 is 0 Å². The number of hydrogen-bond donors (Lipinski definition) is 0. The first-order valence-electron chi connectivity index (χ1n) is 6.94. The smallest absolute Gasteiger partial charge is 0.255 e. The van der Waals surface area contributed by atoms with Gasteiger partial charge in [-0.1, -0.05) is 23.7 Å². The van der Waals surface area contributed by atoms with E-state index >= 15 is 0 Å². The van der Waals surface area contributed by atoms with E-state index in [2.05, 4.69) is 0 Å². The molecule has 1 aromatic carbocycles. The highest BCUT2D eigenvalue weighted by atomic mass is 35.5. The lowest BCUT2D eigenvalue weighted by atomic mass is 10.1. The zero-order chi connectivity index (χ0) is 14.7. The molecule has 21 heavy (non-hydrogen) atoms. The quantitative estimate of drug-likeness (QED) is 0.829. The van der Waals surface area contributed by atoms with E-state index in [0.717, 1.165) is 31.0 Å². The number of carbonyl (C=O) groups excluding carboxylic acids is 1. The van der Waals surface area contributed by atoms with Crippen molar-refractivity contribution in [3.63, 3.8) is 0 Å². The van der Waals surface area contributed by atoms with Crippen molar-refractivity contribution >= 4 is 29.3 Å². The number of furan rings is 1. The van der Waals surface area contributed by atoms with Crippen LogP contribution in [0.3, 0.4) is 0 Å². The Morgan fingerprint density at radius 1 is 1.24 bits per heavy atom. The van der Waals surface area contributed by atoms with E-state index in [1.54, 1.807) is 18.4 Å². The average molecular weight is 322 g/mol. The summed E-state index contributed by atoms with van der Waals surface area (Å²) in [7, 11) is 0. The number of benzene rings is 1. The molecule has 1 aromatic heterocycles. The van der Waals surface area contributed by atoms with Gasteiger partial charge in [0.2, 0.25) is 0 Å². The first-order valence-corrected chi connectivity index (χ1v) is 8.37. The van der Waals surface area contributed by atoms with Crippen LogP contribution in [0.1, 0.15) is 27.8 Å². The van der Waals surface area contributed by atoms with Gasteiger partial charge in [-0.3, -0.25) is 4.79 Å². The minimum absolute atomic E-state index is 0.0151. The maximum absolute atomic E-state index is 12.6. The molecule has 1 fully saturated rings. The van der Waals surface area contributed by atoms with Crippen LogP contribution in [0.15, 0.2) is 47.1 Å². The molecule has 2 aromatic rings. The van der Waals surface area contributed by atoms with E-state index in [1.165, 1.54) is 0 Å². The second kappa shape index (κ2) is 6.58. The molecule has 110 valence electrons. The third-order valence-electron chi connectivity index (χ3n) is 3.59. The van der Waals surface area contributed by atoms with E-state index < -0.39 is 0 Å². The van der Waals surface area contributed by atoms with Gasteiger partial charge in [0.1, 0.15) is 5.76 Å². The number of nitrogens with zero attached hydrogens (tertiary/aromatic N) is 1. The number of thioether (sulfide) groups is 1. The molecule has 5 heteroatoms. The first-order chi connectivity index (χ1) is 10.3. The Morgan fingerprint density at radius 2 is 2.10 bits per heavy atom.